The minimum absolute atomic E-state index is 0.139. The molecule has 2 aromatic rings. The number of piperidine rings is 1. The minimum Gasteiger partial charge on any atom is -0.496 e. The zero-order valence-electron chi connectivity index (χ0n) is 15.9. The van der Waals surface area contributed by atoms with Crippen molar-refractivity contribution in [2.24, 2.45) is 0 Å². The summed E-state index contributed by atoms with van der Waals surface area (Å²) < 4.78 is 5.53. The van der Waals surface area contributed by atoms with Gasteiger partial charge in [0.25, 0.3) is 5.91 Å². The fourth-order valence-corrected chi connectivity index (χ4v) is 4.25. The Balaban J connectivity index is 1.44. The van der Waals surface area contributed by atoms with Crippen molar-refractivity contribution in [3.05, 3.63) is 53.7 Å². The number of aromatic nitrogens is 1. The Morgan fingerprint density at radius 3 is 2.56 bits per heavy atom. The van der Waals surface area contributed by atoms with Crippen LogP contribution >= 0.6 is 0 Å². The highest BCUT2D eigenvalue weighted by atomic mass is 16.5. The van der Waals surface area contributed by atoms with Crippen LogP contribution in [0.4, 0.5) is 5.82 Å². The largest absolute Gasteiger partial charge is 0.496 e. The number of hydrogen-bond donors (Lipinski definition) is 0. The van der Waals surface area contributed by atoms with E-state index in [4.69, 9.17) is 4.74 Å². The Labute approximate surface area is 161 Å². The number of ether oxygens (including phenoxy) is 1. The van der Waals surface area contributed by atoms with Crippen molar-refractivity contribution in [3.8, 4) is 5.75 Å². The quantitative estimate of drug-likeness (QED) is 0.829. The molecule has 0 saturated carbocycles. The van der Waals surface area contributed by atoms with Crippen LogP contribution < -0.4 is 9.64 Å². The maximum absolute atomic E-state index is 12.7. The number of para-hydroxylation sites is 1. The Hall–Kier alpha value is -2.56. The second-order valence-electron chi connectivity index (χ2n) is 7.41. The van der Waals surface area contributed by atoms with Gasteiger partial charge in [-0.15, -0.1) is 0 Å². The fraction of sp³-hybridized carbons (Fsp3) is 0.455. The number of likely N-dealkylation sites (tertiary alicyclic amines) is 1. The maximum atomic E-state index is 12.7. The lowest BCUT2D eigenvalue weighted by atomic mass is 9.89. The molecule has 5 nitrogen and oxygen atoms in total. The Morgan fingerprint density at radius 1 is 1.07 bits per heavy atom. The van der Waals surface area contributed by atoms with Gasteiger partial charge in [0.2, 0.25) is 0 Å². The summed E-state index contributed by atoms with van der Waals surface area (Å²) in [6, 6.07) is 12.1. The van der Waals surface area contributed by atoms with E-state index in [9.17, 15) is 4.79 Å². The monoisotopic (exact) mass is 365 g/mol. The molecule has 0 spiro atoms. The highest BCUT2D eigenvalue weighted by Crippen LogP contribution is 2.35. The summed E-state index contributed by atoms with van der Waals surface area (Å²) in [6.07, 6.45) is 6.12. The van der Waals surface area contributed by atoms with Crippen molar-refractivity contribution >= 4 is 11.7 Å². The van der Waals surface area contributed by atoms with E-state index >= 15 is 0 Å². The first-order valence-corrected chi connectivity index (χ1v) is 9.89. The third kappa shape index (κ3) is 3.77. The molecule has 0 N–H and O–H groups in total. The van der Waals surface area contributed by atoms with Crippen molar-refractivity contribution in [2.45, 2.75) is 31.6 Å². The van der Waals surface area contributed by atoms with E-state index in [-0.39, 0.29) is 5.91 Å². The number of carbonyl (C=O) groups is 1. The summed E-state index contributed by atoms with van der Waals surface area (Å²) in [5.41, 5.74) is 2.05. The van der Waals surface area contributed by atoms with E-state index in [1.165, 1.54) is 5.56 Å². The summed E-state index contributed by atoms with van der Waals surface area (Å²) in [7, 11) is 1.74. The fourth-order valence-electron chi connectivity index (χ4n) is 4.25. The number of pyridine rings is 1. The number of amides is 1. The number of hydrogen-bond acceptors (Lipinski definition) is 4. The SMILES string of the molecule is COc1ccccc1C1CCN(c2cc(C(=O)N3CCCC3)ccn2)CC1. The zero-order valence-corrected chi connectivity index (χ0v) is 15.9. The van der Waals surface area contributed by atoms with Crippen LogP contribution in [0.3, 0.4) is 0 Å². The molecule has 2 aliphatic heterocycles. The van der Waals surface area contributed by atoms with Gasteiger partial charge in [0.15, 0.2) is 0 Å². The summed E-state index contributed by atoms with van der Waals surface area (Å²) in [4.78, 5) is 21.4. The van der Waals surface area contributed by atoms with E-state index in [2.05, 4.69) is 22.0 Å². The smallest absolute Gasteiger partial charge is 0.254 e. The van der Waals surface area contributed by atoms with Crippen LogP contribution in [0.15, 0.2) is 42.6 Å². The molecule has 2 fully saturated rings. The van der Waals surface area contributed by atoms with Gasteiger partial charge in [0.1, 0.15) is 11.6 Å². The number of methoxy groups -OCH3 is 1. The highest BCUT2D eigenvalue weighted by Gasteiger charge is 2.25. The Kier molecular flexibility index (Phi) is 5.28. The van der Waals surface area contributed by atoms with E-state index < -0.39 is 0 Å². The van der Waals surface area contributed by atoms with Crippen molar-refractivity contribution in [1.82, 2.24) is 9.88 Å². The van der Waals surface area contributed by atoms with Crippen LogP contribution in [0.5, 0.6) is 5.75 Å². The summed E-state index contributed by atoms with van der Waals surface area (Å²) in [5.74, 6) is 2.54. The van der Waals surface area contributed by atoms with Crippen molar-refractivity contribution < 1.29 is 9.53 Å². The predicted molar refractivity (Wildman–Crippen MR) is 107 cm³/mol. The Bertz CT molecular complexity index is 794. The molecule has 0 bridgehead atoms. The summed E-state index contributed by atoms with van der Waals surface area (Å²) in [5, 5.41) is 0. The molecule has 5 heteroatoms. The molecule has 0 aliphatic carbocycles. The van der Waals surface area contributed by atoms with Gasteiger partial charge in [-0.05, 0) is 55.4 Å². The lowest BCUT2D eigenvalue weighted by Crippen LogP contribution is -2.34. The maximum Gasteiger partial charge on any atom is 0.254 e. The molecule has 142 valence electrons. The third-order valence-corrected chi connectivity index (χ3v) is 5.78. The molecule has 2 saturated heterocycles. The van der Waals surface area contributed by atoms with Crippen molar-refractivity contribution in [2.75, 3.05) is 38.2 Å². The average molecular weight is 365 g/mol. The highest BCUT2D eigenvalue weighted by molar-refractivity contribution is 5.95. The molecule has 2 aliphatic rings. The molecule has 1 aromatic carbocycles. The van der Waals surface area contributed by atoms with Crippen LogP contribution in [-0.4, -0.2) is 49.1 Å². The first-order chi connectivity index (χ1) is 13.3. The predicted octanol–water partition coefficient (Wildman–Crippen LogP) is 3.71. The van der Waals surface area contributed by atoms with Gasteiger partial charge in [0, 0.05) is 37.9 Å². The molecule has 4 rings (SSSR count). The molecule has 1 aromatic heterocycles. The standard InChI is InChI=1S/C22H27N3O2/c1-27-20-7-3-2-6-19(20)17-9-14-24(15-10-17)21-16-18(8-11-23-21)22(26)25-12-4-5-13-25/h2-3,6-8,11,16-17H,4-5,9-10,12-15H2,1H3. The van der Waals surface area contributed by atoms with Crippen LogP contribution in [0.1, 0.15) is 47.5 Å². The van der Waals surface area contributed by atoms with Gasteiger partial charge in [-0.2, -0.15) is 0 Å². The van der Waals surface area contributed by atoms with Gasteiger partial charge in [-0.25, -0.2) is 4.98 Å². The second kappa shape index (κ2) is 7.99. The van der Waals surface area contributed by atoms with E-state index in [1.54, 1.807) is 13.3 Å². The number of rotatable bonds is 4. The van der Waals surface area contributed by atoms with Gasteiger partial charge in [-0.3, -0.25) is 4.79 Å². The average Bonchev–Trinajstić information content (AvgIpc) is 3.28. The molecule has 3 heterocycles. The van der Waals surface area contributed by atoms with Crippen LogP contribution in [0, 0.1) is 0 Å². The van der Waals surface area contributed by atoms with Gasteiger partial charge >= 0.3 is 0 Å². The second-order valence-corrected chi connectivity index (χ2v) is 7.41. The summed E-state index contributed by atoms with van der Waals surface area (Å²) >= 11 is 0. The van der Waals surface area contributed by atoms with E-state index in [1.807, 2.05) is 29.2 Å². The Morgan fingerprint density at radius 2 is 1.81 bits per heavy atom. The van der Waals surface area contributed by atoms with E-state index in [0.29, 0.717) is 5.92 Å². The molecular weight excluding hydrogens is 338 g/mol. The molecule has 27 heavy (non-hydrogen) atoms. The summed E-state index contributed by atoms with van der Waals surface area (Å²) in [6.45, 7) is 3.63. The van der Waals surface area contributed by atoms with Crippen LogP contribution in [-0.2, 0) is 0 Å². The lowest BCUT2D eigenvalue weighted by Gasteiger charge is -2.33. The van der Waals surface area contributed by atoms with Crippen LogP contribution in [0.25, 0.3) is 0 Å². The molecule has 1 amide bonds. The van der Waals surface area contributed by atoms with Gasteiger partial charge in [-0.1, -0.05) is 18.2 Å². The lowest BCUT2D eigenvalue weighted by molar-refractivity contribution is 0.0792. The molecule has 0 atom stereocenters. The number of anilines is 1. The van der Waals surface area contributed by atoms with Gasteiger partial charge < -0.3 is 14.5 Å². The number of carbonyl (C=O) groups excluding carboxylic acids is 1. The normalized spacial score (nSPS) is 18.0. The first kappa shape index (κ1) is 17.8. The van der Waals surface area contributed by atoms with Crippen molar-refractivity contribution in [3.63, 3.8) is 0 Å². The number of nitrogens with zero attached hydrogens (tertiary/aromatic N) is 3. The topological polar surface area (TPSA) is 45.7 Å². The minimum atomic E-state index is 0.139. The molecule has 0 unspecified atom stereocenters. The first-order valence-electron chi connectivity index (χ1n) is 9.89. The third-order valence-electron chi connectivity index (χ3n) is 5.78. The zero-order chi connectivity index (χ0) is 18.6. The molecule has 0 radical (unpaired) electrons. The van der Waals surface area contributed by atoms with E-state index in [0.717, 1.165) is 69.0 Å². The molecular formula is C22H27N3O2. The van der Waals surface area contributed by atoms with Crippen LogP contribution in [0.2, 0.25) is 0 Å². The number of benzene rings is 1. The van der Waals surface area contributed by atoms with Crippen molar-refractivity contribution in [1.29, 1.82) is 0 Å². The van der Waals surface area contributed by atoms with Gasteiger partial charge in [0.05, 0.1) is 7.11 Å².